The van der Waals surface area contributed by atoms with Crippen LogP contribution in [0.5, 0.6) is 11.5 Å². The molecular weight excluding hydrogens is 322 g/mol. The van der Waals surface area contributed by atoms with Crippen molar-refractivity contribution in [2.24, 2.45) is 0 Å². The Morgan fingerprint density at radius 1 is 1.24 bits per heavy atom. The molecule has 0 saturated carbocycles. The number of hydrogen-bond donors (Lipinski definition) is 1. The molecule has 1 fully saturated rings. The lowest BCUT2D eigenvalue weighted by molar-refractivity contribution is -0.135. The topological polar surface area (TPSA) is 66.0 Å². The summed E-state index contributed by atoms with van der Waals surface area (Å²) in [5, 5.41) is 2.92. The SMILES string of the molecule is C[C@@H](OC[C@@H]1CCCCO1)C(=O)NCCc1ccc2c(c1)OCCO2. The number of hydrogen-bond acceptors (Lipinski definition) is 5. The Bertz CT molecular complexity index is 571. The molecule has 2 atom stereocenters. The van der Waals surface area contributed by atoms with E-state index in [1.165, 1.54) is 6.42 Å². The van der Waals surface area contributed by atoms with Gasteiger partial charge in [-0.2, -0.15) is 0 Å². The Morgan fingerprint density at radius 3 is 2.88 bits per heavy atom. The Morgan fingerprint density at radius 2 is 2.08 bits per heavy atom. The third-order valence-electron chi connectivity index (χ3n) is 4.49. The van der Waals surface area contributed by atoms with E-state index in [1.807, 2.05) is 18.2 Å². The van der Waals surface area contributed by atoms with Crippen LogP contribution >= 0.6 is 0 Å². The fourth-order valence-electron chi connectivity index (χ4n) is 2.98. The largest absolute Gasteiger partial charge is 0.486 e. The second kappa shape index (κ2) is 9.06. The molecule has 25 heavy (non-hydrogen) atoms. The number of carbonyl (C=O) groups excluding carboxylic acids is 1. The second-order valence-electron chi connectivity index (χ2n) is 6.48. The zero-order valence-corrected chi connectivity index (χ0v) is 14.8. The van der Waals surface area contributed by atoms with Crippen molar-refractivity contribution in [3.8, 4) is 11.5 Å². The number of carbonyl (C=O) groups is 1. The molecule has 2 aliphatic heterocycles. The summed E-state index contributed by atoms with van der Waals surface area (Å²) in [6.07, 6.45) is 3.70. The molecule has 1 N–H and O–H groups in total. The molecular formula is C19H27NO5. The van der Waals surface area contributed by atoms with Gasteiger partial charge < -0.3 is 24.3 Å². The minimum absolute atomic E-state index is 0.0895. The van der Waals surface area contributed by atoms with E-state index in [1.54, 1.807) is 6.92 Å². The van der Waals surface area contributed by atoms with Crippen molar-refractivity contribution in [2.75, 3.05) is 33.0 Å². The van der Waals surface area contributed by atoms with Crippen LogP contribution in [0.2, 0.25) is 0 Å². The minimum Gasteiger partial charge on any atom is -0.486 e. The highest BCUT2D eigenvalue weighted by molar-refractivity contribution is 5.80. The van der Waals surface area contributed by atoms with Crippen molar-refractivity contribution < 1.29 is 23.7 Å². The number of fused-ring (bicyclic) bond motifs is 1. The molecule has 1 aromatic carbocycles. The van der Waals surface area contributed by atoms with Gasteiger partial charge in [0.25, 0.3) is 0 Å². The van der Waals surface area contributed by atoms with E-state index in [2.05, 4.69) is 5.32 Å². The molecule has 1 amide bonds. The van der Waals surface area contributed by atoms with Crippen LogP contribution in [0.4, 0.5) is 0 Å². The Balaban J connectivity index is 1.36. The van der Waals surface area contributed by atoms with Gasteiger partial charge >= 0.3 is 0 Å². The van der Waals surface area contributed by atoms with Crippen LogP contribution in [0, 0.1) is 0 Å². The average molecular weight is 349 g/mol. The minimum atomic E-state index is -0.467. The van der Waals surface area contributed by atoms with E-state index < -0.39 is 6.10 Å². The maximum Gasteiger partial charge on any atom is 0.248 e. The first kappa shape index (κ1) is 18.0. The third-order valence-corrected chi connectivity index (χ3v) is 4.49. The summed E-state index contributed by atoms with van der Waals surface area (Å²) in [6, 6.07) is 5.89. The van der Waals surface area contributed by atoms with E-state index >= 15 is 0 Å². The molecule has 0 aromatic heterocycles. The number of rotatable bonds is 7. The molecule has 0 bridgehead atoms. The molecule has 6 heteroatoms. The van der Waals surface area contributed by atoms with Crippen LogP contribution in [-0.2, 0) is 20.7 Å². The highest BCUT2D eigenvalue weighted by Crippen LogP contribution is 2.30. The normalized spacial score (nSPS) is 20.8. The van der Waals surface area contributed by atoms with Gasteiger partial charge in [-0.1, -0.05) is 6.07 Å². The molecule has 2 heterocycles. The van der Waals surface area contributed by atoms with E-state index in [-0.39, 0.29) is 12.0 Å². The average Bonchev–Trinajstić information content (AvgIpc) is 2.66. The van der Waals surface area contributed by atoms with Gasteiger partial charge in [0.15, 0.2) is 11.5 Å². The highest BCUT2D eigenvalue weighted by Gasteiger charge is 2.18. The maximum atomic E-state index is 12.1. The van der Waals surface area contributed by atoms with Gasteiger partial charge in [-0.3, -0.25) is 4.79 Å². The molecule has 6 nitrogen and oxygen atoms in total. The van der Waals surface area contributed by atoms with Crippen molar-refractivity contribution >= 4 is 5.91 Å². The summed E-state index contributed by atoms with van der Waals surface area (Å²) >= 11 is 0. The summed E-state index contributed by atoms with van der Waals surface area (Å²) in [5.74, 6) is 1.47. The first-order valence-electron chi connectivity index (χ1n) is 9.12. The summed E-state index contributed by atoms with van der Waals surface area (Å²) < 4.78 is 22.3. The van der Waals surface area contributed by atoms with Crippen LogP contribution in [-0.4, -0.2) is 51.1 Å². The molecule has 0 spiro atoms. The van der Waals surface area contributed by atoms with Gasteiger partial charge in [0.2, 0.25) is 5.91 Å². The number of ether oxygens (including phenoxy) is 4. The smallest absolute Gasteiger partial charge is 0.248 e. The lowest BCUT2D eigenvalue weighted by atomic mass is 10.1. The molecule has 0 unspecified atom stereocenters. The third kappa shape index (κ3) is 5.34. The number of benzene rings is 1. The van der Waals surface area contributed by atoms with Crippen LogP contribution < -0.4 is 14.8 Å². The van der Waals surface area contributed by atoms with Gasteiger partial charge in [0.05, 0.1) is 12.7 Å². The highest BCUT2D eigenvalue weighted by atomic mass is 16.6. The molecule has 0 aliphatic carbocycles. The monoisotopic (exact) mass is 349 g/mol. The van der Waals surface area contributed by atoms with Crippen LogP contribution in [0.25, 0.3) is 0 Å². The van der Waals surface area contributed by atoms with Gasteiger partial charge in [0.1, 0.15) is 19.3 Å². The van der Waals surface area contributed by atoms with Gasteiger partial charge in [-0.25, -0.2) is 0 Å². The maximum absolute atomic E-state index is 12.1. The summed E-state index contributed by atoms with van der Waals surface area (Å²) in [4.78, 5) is 12.1. The van der Waals surface area contributed by atoms with E-state index in [9.17, 15) is 4.79 Å². The predicted octanol–water partition coefficient (Wildman–Crippen LogP) is 2.09. The molecule has 0 radical (unpaired) electrons. The fourth-order valence-corrected chi connectivity index (χ4v) is 2.98. The zero-order valence-electron chi connectivity index (χ0n) is 14.8. The Kier molecular flexibility index (Phi) is 6.53. The van der Waals surface area contributed by atoms with Crippen LogP contribution in [0.15, 0.2) is 18.2 Å². The quantitative estimate of drug-likeness (QED) is 0.816. The van der Waals surface area contributed by atoms with Crippen LogP contribution in [0.1, 0.15) is 31.7 Å². The second-order valence-corrected chi connectivity index (χ2v) is 6.48. The van der Waals surface area contributed by atoms with Gasteiger partial charge in [-0.15, -0.1) is 0 Å². The summed E-state index contributed by atoms with van der Waals surface area (Å²) in [5.41, 5.74) is 1.11. The summed E-state index contributed by atoms with van der Waals surface area (Å²) in [7, 11) is 0. The van der Waals surface area contributed by atoms with E-state index in [0.717, 1.165) is 42.9 Å². The molecule has 138 valence electrons. The lowest BCUT2D eigenvalue weighted by Gasteiger charge is -2.24. The Labute approximate surface area is 148 Å². The first-order valence-corrected chi connectivity index (χ1v) is 9.12. The molecule has 1 saturated heterocycles. The molecule has 1 aromatic rings. The standard InChI is InChI=1S/C19H27NO5/c1-14(25-13-16-4-2-3-9-22-16)19(21)20-8-7-15-5-6-17-18(12-15)24-11-10-23-17/h5-6,12,14,16H,2-4,7-11,13H2,1H3,(H,20,21)/t14-,16+/m1/s1. The Hall–Kier alpha value is -1.79. The van der Waals surface area contributed by atoms with Crippen molar-refractivity contribution in [3.05, 3.63) is 23.8 Å². The summed E-state index contributed by atoms with van der Waals surface area (Å²) in [6.45, 7) is 4.79. The van der Waals surface area contributed by atoms with Crippen molar-refractivity contribution in [3.63, 3.8) is 0 Å². The van der Waals surface area contributed by atoms with E-state index in [0.29, 0.717) is 26.4 Å². The molecule has 2 aliphatic rings. The van der Waals surface area contributed by atoms with Gasteiger partial charge in [-0.05, 0) is 50.3 Å². The van der Waals surface area contributed by atoms with Crippen molar-refractivity contribution in [2.45, 2.75) is 44.8 Å². The predicted molar refractivity (Wildman–Crippen MR) is 93.2 cm³/mol. The number of nitrogens with one attached hydrogen (secondary N) is 1. The van der Waals surface area contributed by atoms with Gasteiger partial charge in [0, 0.05) is 13.2 Å². The lowest BCUT2D eigenvalue weighted by Crippen LogP contribution is -2.37. The van der Waals surface area contributed by atoms with Crippen LogP contribution in [0.3, 0.4) is 0 Å². The van der Waals surface area contributed by atoms with Crippen molar-refractivity contribution in [1.82, 2.24) is 5.32 Å². The zero-order chi connectivity index (χ0) is 17.5. The number of amides is 1. The van der Waals surface area contributed by atoms with Crippen molar-refractivity contribution in [1.29, 1.82) is 0 Å². The first-order chi connectivity index (χ1) is 12.2. The fraction of sp³-hybridized carbons (Fsp3) is 0.632. The molecule has 3 rings (SSSR count). The van der Waals surface area contributed by atoms with E-state index in [4.69, 9.17) is 18.9 Å².